The van der Waals surface area contributed by atoms with Gasteiger partial charge in [-0.2, -0.15) is 0 Å². The number of esters is 2. The van der Waals surface area contributed by atoms with Gasteiger partial charge in [0, 0.05) is 42.6 Å². The minimum atomic E-state index is -1.14. The molecule has 0 saturated heterocycles. The molecule has 1 N–H and O–H groups in total. The van der Waals surface area contributed by atoms with E-state index in [1.165, 1.54) is 11.1 Å². The summed E-state index contributed by atoms with van der Waals surface area (Å²) in [5, 5.41) is 10.3. The second kappa shape index (κ2) is 16.2. The first-order valence-electron chi connectivity index (χ1n) is 19.6. The molecule has 9 heteroatoms. The number of methoxy groups -OCH3 is 1. The minimum Gasteiger partial charge on any atom is -0.483 e. The lowest BCUT2D eigenvalue weighted by atomic mass is 9.68. The first-order chi connectivity index (χ1) is 26.5. The van der Waals surface area contributed by atoms with E-state index in [0.29, 0.717) is 53.0 Å². The van der Waals surface area contributed by atoms with Crippen molar-refractivity contribution in [3.8, 4) is 5.75 Å². The molecule has 4 heterocycles. The lowest BCUT2D eigenvalue weighted by molar-refractivity contribution is -0.188. The summed E-state index contributed by atoms with van der Waals surface area (Å²) < 4.78 is 31.0. The summed E-state index contributed by atoms with van der Waals surface area (Å²) in [7, 11) is 1.54. The normalized spacial score (nSPS) is 24.5. The van der Waals surface area contributed by atoms with Crippen molar-refractivity contribution in [2.45, 2.75) is 108 Å². The monoisotopic (exact) mass is 748 g/mol. The Kier molecular flexibility index (Phi) is 11.3. The van der Waals surface area contributed by atoms with Gasteiger partial charge < -0.3 is 28.5 Å². The van der Waals surface area contributed by atoms with Crippen LogP contribution < -0.4 is 10.4 Å². The average Bonchev–Trinajstić information content (AvgIpc) is 3.16. The Morgan fingerprint density at radius 1 is 0.927 bits per heavy atom. The highest BCUT2D eigenvalue weighted by molar-refractivity contribution is 5.90. The van der Waals surface area contributed by atoms with E-state index < -0.39 is 41.3 Å². The van der Waals surface area contributed by atoms with Gasteiger partial charge in [-0.05, 0) is 119 Å². The van der Waals surface area contributed by atoms with E-state index in [0.717, 1.165) is 30.4 Å². The molecule has 0 radical (unpaired) electrons. The number of rotatable bonds is 6. The molecule has 1 saturated carbocycles. The summed E-state index contributed by atoms with van der Waals surface area (Å²) in [6.45, 7) is 7.51. The van der Waals surface area contributed by atoms with Crippen LogP contribution >= 0.6 is 0 Å². The number of carbonyl (C=O) groups excluding carboxylic acids is 2. The van der Waals surface area contributed by atoms with Gasteiger partial charge in [0.2, 0.25) is 0 Å². The van der Waals surface area contributed by atoms with Crippen molar-refractivity contribution < 1.29 is 38.1 Å². The zero-order chi connectivity index (χ0) is 38.9. The van der Waals surface area contributed by atoms with Crippen LogP contribution in [0.3, 0.4) is 0 Å². The number of fused-ring (bicyclic) bond motifs is 11. The molecule has 9 nitrogen and oxygen atoms in total. The van der Waals surface area contributed by atoms with Crippen LogP contribution in [0.15, 0.2) is 93.2 Å². The van der Waals surface area contributed by atoms with E-state index in [1.54, 1.807) is 25.3 Å². The van der Waals surface area contributed by atoms with Crippen LogP contribution in [0.5, 0.6) is 5.75 Å². The van der Waals surface area contributed by atoms with Crippen LogP contribution in [0.25, 0.3) is 11.0 Å². The SMILES string of the molecule is COCC(CCO)c1cc2ccc3c(c2oc1=O)C1OC(=O)CC2CC(c4ccccc4)CCC2c2ccc(cc2)CCC(=C(C)C)C(=O)OC1C(C)(C)O3. The van der Waals surface area contributed by atoms with Crippen LogP contribution in [0, 0.1) is 5.92 Å². The van der Waals surface area contributed by atoms with Gasteiger partial charge >= 0.3 is 17.6 Å². The minimum absolute atomic E-state index is 0.00643. The molecule has 1 aliphatic carbocycles. The largest absolute Gasteiger partial charge is 0.483 e. The van der Waals surface area contributed by atoms with Crippen molar-refractivity contribution in [1.82, 2.24) is 0 Å². The fraction of sp³-hybridized carbons (Fsp3) is 0.457. The highest BCUT2D eigenvalue weighted by atomic mass is 16.6. The van der Waals surface area contributed by atoms with Crippen LogP contribution in [0.4, 0.5) is 0 Å². The van der Waals surface area contributed by atoms with Crippen molar-refractivity contribution in [1.29, 1.82) is 0 Å². The van der Waals surface area contributed by atoms with Gasteiger partial charge in [-0.1, -0.05) is 60.2 Å². The van der Waals surface area contributed by atoms with E-state index >= 15 is 0 Å². The second-order valence-corrected chi connectivity index (χ2v) is 16.2. The van der Waals surface area contributed by atoms with Crippen LogP contribution in [-0.2, 0) is 30.2 Å². The quantitative estimate of drug-likeness (QED) is 0.117. The van der Waals surface area contributed by atoms with E-state index in [4.69, 9.17) is 23.4 Å². The highest BCUT2D eigenvalue weighted by Crippen LogP contribution is 2.49. The summed E-state index contributed by atoms with van der Waals surface area (Å²) in [6, 6.07) is 24.4. The number of aliphatic hydroxyl groups excluding tert-OH is 1. The lowest BCUT2D eigenvalue weighted by Gasteiger charge is -2.43. The van der Waals surface area contributed by atoms with Gasteiger partial charge in [0.05, 0.1) is 12.2 Å². The van der Waals surface area contributed by atoms with Gasteiger partial charge in [0.1, 0.15) is 16.9 Å². The third-order valence-electron chi connectivity index (χ3n) is 11.9. The van der Waals surface area contributed by atoms with E-state index in [9.17, 15) is 19.5 Å². The number of aliphatic hydroxyl groups is 1. The standard InChI is InChI=1S/C46H52O9/c1-27(2)35-18-13-28-11-14-30(15-12-28)36-19-16-31(29-9-7-6-8-10-29)23-34(36)25-39(48)52-42-40-38(55-46(3,4)43(42)54-44(35)49)20-17-32-24-37(45(50)53-41(32)40)33(21-22-47)26-51-5/h6-12,14-15,17,20,24,31,33-34,36,42-43,47H,13,16,18-19,21-23,25-26H2,1-5H3. The van der Waals surface area contributed by atoms with Crippen LogP contribution in [0.1, 0.15) is 118 Å². The Hall–Kier alpha value is -4.73. The van der Waals surface area contributed by atoms with Gasteiger partial charge in [0.15, 0.2) is 12.2 Å². The molecule has 3 aromatic carbocycles. The Bertz CT molecular complexity index is 2100. The van der Waals surface area contributed by atoms with Crippen molar-refractivity contribution in [2.24, 2.45) is 5.92 Å². The summed E-state index contributed by atoms with van der Waals surface area (Å²) in [6.07, 6.45) is 2.14. The maximum atomic E-state index is 14.5. The molecular weight excluding hydrogens is 696 g/mol. The number of aryl methyl sites for hydroxylation is 1. The summed E-state index contributed by atoms with van der Waals surface area (Å²) in [4.78, 5) is 42.4. The highest BCUT2D eigenvalue weighted by Gasteiger charge is 2.51. The number of benzene rings is 3. The number of ether oxygens (including phenoxy) is 4. The molecule has 6 unspecified atom stereocenters. The zero-order valence-electron chi connectivity index (χ0n) is 32.5. The first-order valence-corrected chi connectivity index (χ1v) is 19.6. The maximum absolute atomic E-state index is 14.5. The van der Waals surface area contributed by atoms with Gasteiger partial charge in [-0.25, -0.2) is 9.59 Å². The second-order valence-electron chi connectivity index (χ2n) is 16.2. The fourth-order valence-electron chi connectivity index (χ4n) is 9.02. The molecule has 55 heavy (non-hydrogen) atoms. The fourth-order valence-corrected chi connectivity index (χ4v) is 9.02. The smallest absolute Gasteiger partial charge is 0.339 e. The third-order valence-corrected chi connectivity index (χ3v) is 11.9. The van der Waals surface area contributed by atoms with E-state index in [1.807, 2.05) is 33.8 Å². The molecule has 0 spiro atoms. The van der Waals surface area contributed by atoms with Crippen molar-refractivity contribution in [2.75, 3.05) is 20.3 Å². The summed E-state index contributed by atoms with van der Waals surface area (Å²) >= 11 is 0. The Morgan fingerprint density at radius 2 is 1.69 bits per heavy atom. The lowest BCUT2D eigenvalue weighted by Crippen LogP contribution is -2.52. The molecule has 1 aromatic heterocycles. The van der Waals surface area contributed by atoms with Crippen molar-refractivity contribution in [3.05, 3.63) is 122 Å². The molecule has 2 bridgehead atoms. The molecule has 6 atom stereocenters. The molecule has 3 aliphatic heterocycles. The molecule has 290 valence electrons. The molecule has 0 amide bonds. The molecule has 1 fully saturated rings. The van der Waals surface area contributed by atoms with E-state index in [2.05, 4.69) is 48.5 Å². The predicted octanol–water partition coefficient (Wildman–Crippen LogP) is 8.61. The van der Waals surface area contributed by atoms with Crippen molar-refractivity contribution >= 4 is 22.9 Å². The first kappa shape index (κ1) is 38.5. The Morgan fingerprint density at radius 3 is 2.40 bits per heavy atom. The molecule has 4 aliphatic rings. The maximum Gasteiger partial charge on any atom is 0.339 e. The molecule has 8 rings (SSSR count). The number of carbonyl (C=O) groups is 2. The molecule has 4 aromatic rings. The summed E-state index contributed by atoms with van der Waals surface area (Å²) in [5.74, 6) is -0.499. The third kappa shape index (κ3) is 8.01. The van der Waals surface area contributed by atoms with Crippen molar-refractivity contribution in [3.63, 3.8) is 0 Å². The van der Waals surface area contributed by atoms with Gasteiger partial charge in [-0.15, -0.1) is 0 Å². The number of hydrogen-bond donors (Lipinski definition) is 1. The average molecular weight is 749 g/mol. The topological polar surface area (TPSA) is 122 Å². The predicted molar refractivity (Wildman–Crippen MR) is 209 cm³/mol. The number of hydrogen-bond acceptors (Lipinski definition) is 9. The Balaban J connectivity index is 1.34. The summed E-state index contributed by atoms with van der Waals surface area (Å²) in [5.41, 5.74) is 4.15. The zero-order valence-corrected chi connectivity index (χ0v) is 32.5. The number of allylic oxidation sites excluding steroid dienone is 1. The van der Waals surface area contributed by atoms with Gasteiger partial charge in [0.25, 0.3) is 0 Å². The van der Waals surface area contributed by atoms with Crippen LogP contribution in [0.2, 0.25) is 0 Å². The van der Waals surface area contributed by atoms with Gasteiger partial charge in [-0.3, -0.25) is 4.79 Å². The van der Waals surface area contributed by atoms with E-state index in [-0.39, 0.29) is 37.1 Å². The molecular formula is C46H52O9. The van der Waals surface area contributed by atoms with Crippen LogP contribution in [-0.4, -0.2) is 49.1 Å². The Labute approximate surface area is 322 Å².